The van der Waals surface area contributed by atoms with Crippen LogP contribution in [0.15, 0.2) is 110 Å². The van der Waals surface area contributed by atoms with E-state index in [0.717, 1.165) is 39.6 Å². The minimum Gasteiger partial charge on any atom is -0.457 e. The number of hydrogen-bond donors (Lipinski definition) is 0. The molecule has 0 saturated carbocycles. The van der Waals surface area contributed by atoms with Crippen molar-refractivity contribution >= 4 is 21.8 Å². The number of benzene rings is 4. The maximum absolute atomic E-state index is 6.47. The number of hydrogen-bond acceptors (Lipinski definition) is 3. The largest absolute Gasteiger partial charge is 0.457 e. The summed E-state index contributed by atoms with van der Waals surface area (Å²) in [7, 11) is 0. The van der Waals surface area contributed by atoms with Gasteiger partial charge in [0.05, 0.1) is 22.9 Å². The number of aryl methyl sites for hydroxylation is 3. The van der Waals surface area contributed by atoms with Crippen LogP contribution in [0.2, 0.25) is 0 Å². The van der Waals surface area contributed by atoms with E-state index in [4.69, 9.17) is 14.8 Å². The second-order valence-corrected chi connectivity index (χ2v) is 11.7. The summed E-state index contributed by atoms with van der Waals surface area (Å²) in [6.07, 6.45) is 5.93. The molecule has 0 atom stereocenters. The fourth-order valence-electron chi connectivity index (χ4n) is 6.23. The number of nitrogens with zero attached hydrogens (tertiary/aromatic N) is 4. The zero-order valence-corrected chi connectivity index (χ0v) is 25.2. The van der Waals surface area contributed by atoms with Gasteiger partial charge >= 0.3 is 0 Å². The van der Waals surface area contributed by atoms with E-state index in [1.807, 2.05) is 47.4 Å². The molecule has 0 N–H and O–H groups in total. The van der Waals surface area contributed by atoms with Gasteiger partial charge in [-0.05, 0) is 91.4 Å². The van der Waals surface area contributed by atoms with Gasteiger partial charge in [-0.1, -0.05) is 55.8 Å². The molecule has 7 aromatic rings. The Balaban J connectivity index is 1.25. The maximum atomic E-state index is 6.47. The molecular weight excluding hydrogens is 528 g/mol. The third kappa shape index (κ3) is 4.87. The molecule has 43 heavy (non-hydrogen) atoms. The number of para-hydroxylation sites is 1. The minimum absolute atomic E-state index is 0.414. The van der Waals surface area contributed by atoms with Gasteiger partial charge in [-0.25, -0.2) is 9.67 Å². The summed E-state index contributed by atoms with van der Waals surface area (Å²) < 4.78 is 10.6. The first-order valence-corrected chi connectivity index (χ1v) is 14.8. The van der Waals surface area contributed by atoms with E-state index >= 15 is 0 Å². The minimum atomic E-state index is 0.414. The first kappa shape index (κ1) is 26.7. The van der Waals surface area contributed by atoms with Crippen LogP contribution in [-0.2, 0) is 0 Å². The van der Waals surface area contributed by atoms with Crippen molar-refractivity contribution in [2.24, 2.45) is 0 Å². The summed E-state index contributed by atoms with van der Waals surface area (Å²) >= 11 is 0. The highest BCUT2D eigenvalue weighted by molar-refractivity contribution is 6.09. The molecule has 3 heterocycles. The molecule has 5 nitrogen and oxygen atoms in total. The Hall–Kier alpha value is -5.16. The lowest BCUT2D eigenvalue weighted by Crippen LogP contribution is -1.99. The Morgan fingerprint density at radius 1 is 0.721 bits per heavy atom. The molecule has 0 bridgehead atoms. The van der Waals surface area contributed by atoms with Crippen LogP contribution in [0, 0.1) is 20.8 Å². The number of fused-ring (bicyclic) bond motifs is 3. The van der Waals surface area contributed by atoms with Gasteiger partial charge in [0.25, 0.3) is 0 Å². The molecule has 3 aromatic heterocycles. The van der Waals surface area contributed by atoms with Gasteiger partial charge in [-0.15, -0.1) is 0 Å². The van der Waals surface area contributed by atoms with Crippen LogP contribution in [0.5, 0.6) is 11.5 Å². The van der Waals surface area contributed by atoms with Gasteiger partial charge in [0, 0.05) is 40.9 Å². The normalized spacial score (nSPS) is 11.6. The third-order valence-electron chi connectivity index (χ3n) is 8.18. The fourth-order valence-corrected chi connectivity index (χ4v) is 6.23. The van der Waals surface area contributed by atoms with Crippen LogP contribution in [0.25, 0.3) is 44.4 Å². The second-order valence-electron chi connectivity index (χ2n) is 11.7. The zero-order valence-electron chi connectivity index (χ0n) is 25.2. The SMILES string of the molecule is Cc1cc(C)c(-c2cnn(-c3cccc(Oc4ccc5c6ccccc6n(-c6cc(C(C)C)ccn6)c5c4)c3)c2)c(C)c1. The molecule has 0 aliphatic rings. The summed E-state index contributed by atoms with van der Waals surface area (Å²) in [5, 5.41) is 7.05. The van der Waals surface area contributed by atoms with Crippen molar-refractivity contribution in [3.05, 3.63) is 132 Å². The second kappa shape index (κ2) is 10.6. The summed E-state index contributed by atoms with van der Waals surface area (Å²) in [6, 6.07) is 31.6. The number of pyridine rings is 1. The van der Waals surface area contributed by atoms with E-state index in [1.165, 1.54) is 38.6 Å². The average Bonchev–Trinajstić information content (AvgIpc) is 3.60. The molecule has 0 aliphatic heterocycles. The van der Waals surface area contributed by atoms with Crippen LogP contribution in [-0.4, -0.2) is 19.3 Å². The van der Waals surface area contributed by atoms with Crippen molar-refractivity contribution in [3.63, 3.8) is 0 Å². The maximum Gasteiger partial charge on any atom is 0.137 e. The van der Waals surface area contributed by atoms with Crippen molar-refractivity contribution in [2.45, 2.75) is 40.5 Å². The molecule has 0 saturated heterocycles. The predicted molar refractivity (Wildman–Crippen MR) is 176 cm³/mol. The van der Waals surface area contributed by atoms with E-state index < -0.39 is 0 Å². The van der Waals surface area contributed by atoms with E-state index in [9.17, 15) is 0 Å². The molecule has 4 aromatic carbocycles. The van der Waals surface area contributed by atoms with Gasteiger partial charge in [-0.3, -0.25) is 4.57 Å². The monoisotopic (exact) mass is 562 g/mol. The first-order valence-electron chi connectivity index (χ1n) is 14.8. The molecule has 0 aliphatic carbocycles. The summed E-state index contributed by atoms with van der Waals surface area (Å²) in [4.78, 5) is 4.77. The molecule has 0 fully saturated rings. The van der Waals surface area contributed by atoms with Crippen LogP contribution in [0.1, 0.15) is 42.0 Å². The predicted octanol–water partition coefficient (Wildman–Crippen LogP) is 9.87. The molecule has 0 spiro atoms. The Morgan fingerprint density at radius 2 is 1.49 bits per heavy atom. The van der Waals surface area contributed by atoms with Crippen molar-refractivity contribution < 1.29 is 4.74 Å². The highest BCUT2D eigenvalue weighted by Gasteiger charge is 2.15. The van der Waals surface area contributed by atoms with Crippen molar-refractivity contribution in [3.8, 4) is 34.1 Å². The van der Waals surface area contributed by atoms with Gasteiger partial charge < -0.3 is 4.74 Å². The lowest BCUT2D eigenvalue weighted by molar-refractivity contribution is 0.483. The Kier molecular flexibility index (Phi) is 6.58. The topological polar surface area (TPSA) is 44.9 Å². The lowest BCUT2D eigenvalue weighted by Gasteiger charge is -2.12. The van der Waals surface area contributed by atoms with Crippen LogP contribution in [0.3, 0.4) is 0 Å². The van der Waals surface area contributed by atoms with E-state index in [2.05, 4.69) is 106 Å². The highest BCUT2D eigenvalue weighted by Crippen LogP contribution is 2.36. The van der Waals surface area contributed by atoms with Crippen LogP contribution in [0.4, 0.5) is 0 Å². The van der Waals surface area contributed by atoms with Crippen molar-refractivity contribution in [2.75, 3.05) is 0 Å². The van der Waals surface area contributed by atoms with Crippen molar-refractivity contribution in [1.82, 2.24) is 19.3 Å². The molecule has 212 valence electrons. The molecule has 0 amide bonds. The average molecular weight is 563 g/mol. The molecule has 0 unspecified atom stereocenters. The summed E-state index contributed by atoms with van der Waals surface area (Å²) in [5.74, 6) is 2.84. The quantitative estimate of drug-likeness (QED) is 0.203. The van der Waals surface area contributed by atoms with E-state index in [1.54, 1.807) is 0 Å². The summed E-state index contributed by atoms with van der Waals surface area (Å²) in [6.45, 7) is 10.9. The molecule has 5 heteroatoms. The van der Waals surface area contributed by atoms with Gasteiger partial charge in [0.1, 0.15) is 17.3 Å². The van der Waals surface area contributed by atoms with Gasteiger partial charge in [-0.2, -0.15) is 5.10 Å². The van der Waals surface area contributed by atoms with Crippen molar-refractivity contribution in [1.29, 1.82) is 0 Å². The van der Waals surface area contributed by atoms with Crippen LogP contribution < -0.4 is 4.74 Å². The van der Waals surface area contributed by atoms with E-state index in [0.29, 0.717) is 5.92 Å². The molecule has 0 radical (unpaired) electrons. The first-order chi connectivity index (χ1) is 20.9. The number of ether oxygens (including phenoxy) is 1. The van der Waals surface area contributed by atoms with Gasteiger partial charge in [0.15, 0.2) is 0 Å². The fraction of sp³-hybridized carbons (Fsp3) is 0.158. The van der Waals surface area contributed by atoms with E-state index in [-0.39, 0.29) is 0 Å². The van der Waals surface area contributed by atoms with Gasteiger partial charge in [0.2, 0.25) is 0 Å². The summed E-state index contributed by atoms with van der Waals surface area (Å²) in [5.41, 5.74) is 10.5. The standard InChI is InChI=1S/C38H34N4O/c1-24(2)28-15-16-39-37(19-28)42-35-12-7-6-11-33(35)34-14-13-32(21-36(34)42)43-31-10-8-9-30(20-31)41-23-29(22-40-41)38-26(4)17-25(3)18-27(38)5/h6-24H,1-5H3. The zero-order chi connectivity index (χ0) is 29.7. The Labute approximate surface area is 252 Å². The highest BCUT2D eigenvalue weighted by atomic mass is 16.5. The lowest BCUT2D eigenvalue weighted by atomic mass is 9.96. The Morgan fingerprint density at radius 3 is 2.30 bits per heavy atom. The third-order valence-corrected chi connectivity index (χ3v) is 8.18. The Bertz CT molecular complexity index is 2110. The smallest absolute Gasteiger partial charge is 0.137 e. The van der Waals surface area contributed by atoms with Crippen LogP contribution >= 0.6 is 0 Å². The molecule has 7 rings (SSSR count). The molecular formula is C38H34N4O. The number of rotatable bonds is 6. The number of aromatic nitrogens is 4.